The number of ether oxygens (including phenoxy) is 1. The van der Waals surface area contributed by atoms with Gasteiger partial charge in [-0.1, -0.05) is 29.8 Å². The quantitative estimate of drug-likeness (QED) is 0.899. The first-order chi connectivity index (χ1) is 8.74. The topological polar surface area (TPSA) is 34.2 Å². The highest BCUT2D eigenvalue weighted by Crippen LogP contribution is 2.28. The molecule has 0 saturated carbocycles. The van der Waals surface area contributed by atoms with Crippen LogP contribution in [0.5, 0.6) is 0 Å². The molecular weight excluding hydrogens is 244 g/mol. The number of hydrogen-bond acceptors (Lipinski definition) is 4. The van der Waals surface area contributed by atoms with Crippen LogP contribution in [0.25, 0.3) is 10.6 Å². The zero-order valence-corrected chi connectivity index (χ0v) is 11.8. The summed E-state index contributed by atoms with van der Waals surface area (Å²) >= 11 is 1.73. The summed E-state index contributed by atoms with van der Waals surface area (Å²) in [6.07, 6.45) is 0. The van der Waals surface area contributed by atoms with E-state index in [0.29, 0.717) is 6.61 Å². The Morgan fingerprint density at radius 1 is 1.28 bits per heavy atom. The van der Waals surface area contributed by atoms with Crippen LogP contribution >= 0.6 is 11.3 Å². The molecule has 0 aliphatic carbocycles. The number of aromatic nitrogens is 1. The second-order valence-corrected chi connectivity index (χ2v) is 5.30. The van der Waals surface area contributed by atoms with Crippen molar-refractivity contribution in [1.29, 1.82) is 0 Å². The third kappa shape index (κ3) is 2.96. The minimum atomic E-state index is 0.569. The highest BCUT2D eigenvalue weighted by molar-refractivity contribution is 7.15. The van der Waals surface area contributed by atoms with Crippen LogP contribution < -0.4 is 5.32 Å². The normalized spacial score (nSPS) is 10.8. The van der Waals surface area contributed by atoms with E-state index >= 15 is 0 Å². The van der Waals surface area contributed by atoms with Crippen molar-refractivity contribution in [3.8, 4) is 10.6 Å². The van der Waals surface area contributed by atoms with Gasteiger partial charge in [0.25, 0.3) is 0 Å². The number of thiazole rings is 1. The Hall–Kier alpha value is -1.23. The summed E-state index contributed by atoms with van der Waals surface area (Å²) in [6, 6.07) is 8.47. The van der Waals surface area contributed by atoms with Crippen LogP contribution in [0.2, 0.25) is 0 Å². The third-order valence-corrected chi connectivity index (χ3v) is 3.84. The van der Waals surface area contributed by atoms with E-state index in [1.54, 1.807) is 18.4 Å². The number of methoxy groups -OCH3 is 1. The van der Waals surface area contributed by atoms with Crippen LogP contribution in [0.4, 0.5) is 0 Å². The highest BCUT2D eigenvalue weighted by atomic mass is 32.1. The van der Waals surface area contributed by atoms with Crippen LogP contribution in [0, 0.1) is 6.92 Å². The van der Waals surface area contributed by atoms with E-state index < -0.39 is 0 Å². The molecule has 4 heteroatoms. The molecule has 1 aromatic heterocycles. The van der Waals surface area contributed by atoms with E-state index in [0.717, 1.165) is 17.2 Å². The van der Waals surface area contributed by atoms with Crippen LogP contribution in [0.15, 0.2) is 24.3 Å². The summed E-state index contributed by atoms with van der Waals surface area (Å²) in [4.78, 5) is 5.92. The molecule has 1 aromatic carbocycles. The summed E-state index contributed by atoms with van der Waals surface area (Å²) in [5.41, 5.74) is 3.47. The maximum atomic E-state index is 5.20. The number of nitrogens with one attached hydrogen (secondary N) is 1. The Labute approximate surface area is 112 Å². The minimum absolute atomic E-state index is 0.569. The molecule has 2 aromatic rings. The smallest absolute Gasteiger partial charge is 0.124 e. The van der Waals surface area contributed by atoms with Crippen LogP contribution in [0.1, 0.15) is 16.1 Å². The van der Waals surface area contributed by atoms with Gasteiger partial charge in [0.2, 0.25) is 0 Å². The van der Waals surface area contributed by atoms with Gasteiger partial charge >= 0.3 is 0 Å². The molecule has 96 valence electrons. The average molecular weight is 262 g/mol. The van der Waals surface area contributed by atoms with Gasteiger partial charge in [-0.2, -0.15) is 0 Å². The molecule has 0 bridgehead atoms. The standard InChI is InChI=1S/C14H18N2OS/c1-10-4-6-11(7-5-10)14-16-12(9-17-3)13(18-14)8-15-2/h4-7,15H,8-9H2,1-3H3. The maximum absolute atomic E-state index is 5.20. The molecule has 18 heavy (non-hydrogen) atoms. The van der Waals surface area contributed by atoms with Gasteiger partial charge in [-0.15, -0.1) is 11.3 Å². The molecule has 0 spiro atoms. The van der Waals surface area contributed by atoms with Crippen molar-refractivity contribution < 1.29 is 4.74 Å². The number of rotatable bonds is 5. The van der Waals surface area contributed by atoms with Gasteiger partial charge in [0.15, 0.2) is 0 Å². The predicted molar refractivity (Wildman–Crippen MR) is 75.8 cm³/mol. The summed E-state index contributed by atoms with van der Waals surface area (Å²) in [5.74, 6) is 0. The Balaban J connectivity index is 2.33. The van der Waals surface area contributed by atoms with E-state index in [1.807, 2.05) is 7.05 Å². The SMILES string of the molecule is CNCc1sc(-c2ccc(C)cc2)nc1COC. The van der Waals surface area contributed by atoms with E-state index in [4.69, 9.17) is 4.74 Å². The Bertz CT molecular complexity index is 482. The fourth-order valence-corrected chi connectivity index (χ4v) is 2.83. The number of benzene rings is 1. The summed E-state index contributed by atoms with van der Waals surface area (Å²) in [6.45, 7) is 3.50. The largest absolute Gasteiger partial charge is 0.378 e. The van der Waals surface area contributed by atoms with Crippen molar-refractivity contribution in [2.45, 2.75) is 20.1 Å². The lowest BCUT2D eigenvalue weighted by Crippen LogP contribution is -2.06. The van der Waals surface area contributed by atoms with Gasteiger partial charge in [0.1, 0.15) is 5.01 Å². The molecule has 3 nitrogen and oxygen atoms in total. The second kappa shape index (κ2) is 6.09. The average Bonchev–Trinajstić information content (AvgIpc) is 2.75. The van der Waals surface area contributed by atoms with E-state index in [2.05, 4.69) is 41.5 Å². The number of nitrogens with zero attached hydrogens (tertiary/aromatic N) is 1. The molecule has 0 amide bonds. The van der Waals surface area contributed by atoms with E-state index in [9.17, 15) is 0 Å². The lowest BCUT2D eigenvalue weighted by Gasteiger charge is -1.98. The molecule has 0 radical (unpaired) electrons. The van der Waals surface area contributed by atoms with Gasteiger partial charge in [-0.05, 0) is 14.0 Å². The van der Waals surface area contributed by atoms with Crippen molar-refractivity contribution in [2.75, 3.05) is 14.2 Å². The highest BCUT2D eigenvalue weighted by Gasteiger charge is 2.11. The molecule has 0 aliphatic heterocycles. The van der Waals surface area contributed by atoms with E-state index in [1.165, 1.54) is 16.0 Å². The first kappa shape index (κ1) is 13.2. The van der Waals surface area contributed by atoms with Gasteiger partial charge < -0.3 is 10.1 Å². The zero-order chi connectivity index (χ0) is 13.0. The van der Waals surface area contributed by atoms with Crippen LogP contribution in [-0.2, 0) is 17.9 Å². The van der Waals surface area contributed by atoms with Crippen molar-refractivity contribution in [1.82, 2.24) is 10.3 Å². The summed E-state index contributed by atoms with van der Waals surface area (Å²) in [5, 5.41) is 4.23. The summed E-state index contributed by atoms with van der Waals surface area (Å²) < 4.78 is 5.20. The molecule has 2 rings (SSSR count). The molecule has 0 aliphatic rings. The van der Waals surface area contributed by atoms with Crippen molar-refractivity contribution >= 4 is 11.3 Å². The van der Waals surface area contributed by atoms with Gasteiger partial charge in [0.05, 0.1) is 12.3 Å². The van der Waals surface area contributed by atoms with Crippen LogP contribution in [-0.4, -0.2) is 19.1 Å². The minimum Gasteiger partial charge on any atom is -0.378 e. The fourth-order valence-electron chi connectivity index (χ4n) is 1.75. The van der Waals surface area contributed by atoms with Gasteiger partial charge in [-0.25, -0.2) is 4.98 Å². The molecule has 1 N–H and O–H groups in total. The predicted octanol–water partition coefficient (Wildman–Crippen LogP) is 2.98. The molecule has 1 heterocycles. The molecule has 0 unspecified atom stereocenters. The van der Waals surface area contributed by atoms with Crippen molar-refractivity contribution in [3.63, 3.8) is 0 Å². The number of hydrogen-bond donors (Lipinski definition) is 1. The van der Waals surface area contributed by atoms with Gasteiger partial charge in [-0.3, -0.25) is 0 Å². The third-order valence-electron chi connectivity index (χ3n) is 2.70. The van der Waals surface area contributed by atoms with Crippen LogP contribution in [0.3, 0.4) is 0 Å². The first-order valence-electron chi connectivity index (χ1n) is 5.93. The molecule has 0 saturated heterocycles. The molecular formula is C14H18N2OS. The van der Waals surface area contributed by atoms with Crippen molar-refractivity contribution in [3.05, 3.63) is 40.4 Å². The van der Waals surface area contributed by atoms with E-state index in [-0.39, 0.29) is 0 Å². The Morgan fingerprint density at radius 3 is 2.61 bits per heavy atom. The lowest BCUT2D eigenvalue weighted by atomic mass is 10.2. The molecule has 0 atom stereocenters. The second-order valence-electron chi connectivity index (χ2n) is 4.22. The van der Waals surface area contributed by atoms with Crippen molar-refractivity contribution in [2.24, 2.45) is 0 Å². The maximum Gasteiger partial charge on any atom is 0.124 e. The lowest BCUT2D eigenvalue weighted by molar-refractivity contribution is 0.181. The Kier molecular flexibility index (Phi) is 4.47. The monoisotopic (exact) mass is 262 g/mol. The number of aryl methyl sites for hydroxylation is 1. The summed E-state index contributed by atoms with van der Waals surface area (Å²) in [7, 11) is 3.65. The first-order valence-corrected chi connectivity index (χ1v) is 6.75. The zero-order valence-electron chi connectivity index (χ0n) is 11.0. The molecule has 0 fully saturated rings. The fraction of sp³-hybridized carbons (Fsp3) is 0.357. The Morgan fingerprint density at radius 2 is 2.00 bits per heavy atom. The van der Waals surface area contributed by atoms with Gasteiger partial charge in [0, 0.05) is 24.1 Å².